The van der Waals surface area contributed by atoms with Crippen molar-refractivity contribution in [3.8, 4) is 11.5 Å². The van der Waals surface area contributed by atoms with Gasteiger partial charge in [0.15, 0.2) is 18.1 Å². The third-order valence-electron chi connectivity index (χ3n) is 2.04. The van der Waals surface area contributed by atoms with Crippen molar-refractivity contribution in [1.29, 1.82) is 0 Å². The number of carboxylic acid groups (broad SMARTS) is 2. The maximum atomic E-state index is 10.5. The molecule has 0 amide bonds. The molecular formula is C12H11BrO6. The van der Waals surface area contributed by atoms with Crippen molar-refractivity contribution in [1.82, 2.24) is 0 Å². The lowest BCUT2D eigenvalue weighted by Crippen LogP contribution is -2.10. The smallest absolute Gasteiger partial charge is 0.341 e. The lowest BCUT2D eigenvalue weighted by molar-refractivity contribution is -0.139. The Hall–Kier alpha value is -2.02. The summed E-state index contributed by atoms with van der Waals surface area (Å²) in [6.07, 6.45) is 2.37. The summed E-state index contributed by atoms with van der Waals surface area (Å²) < 4.78 is 10.7. The van der Waals surface area contributed by atoms with Gasteiger partial charge >= 0.3 is 11.9 Å². The van der Waals surface area contributed by atoms with E-state index in [1.165, 1.54) is 19.3 Å². The Morgan fingerprint density at radius 1 is 1.32 bits per heavy atom. The molecule has 0 spiro atoms. The number of ether oxygens (including phenoxy) is 2. The highest BCUT2D eigenvalue weighted by atomic mass is 79.9. The number of rotatable bonds is 6. The quantitative estimate of drug-likeness (QED) is 0.775. The van der Waals surface area contributed by atoms with Crippen LogP contribution in [0.15, 0.2) is 22.7 Å². The molecule has 0 aliphatic carbocycles. The first-order valence-electron chi connectivity index (χ1n) is 5.07. The van der Waals surface area contributed by atoms with Crippen LogP contribution in [0, 0.1) is 0 Å². The third-order valence-corrected chi connectivity index (χ3v) is 2.73. The van der Waals surface area contributed by atoms with Crippen LogP contribution in [0.3, 0.4) is 0 Å². The average Bonchev–Trinajstić information content (AvgIpc) is 2.34. The van der Waals surface area contributed by atoms with Gasteiger partial charge in [-0.05, 0) is 23.8 Å². The summed E-state index contributed by atoms with van der Waals surface area (Å²) in [5.41, 5.74) is 0.571. The predicted molar refractivity (Wildman–Crippen MR) is 70.5 cm³/mol. The van der Waals surface area contributed by atoms with Crippen molar-refractivity contribution in [3.05, 3.63) is 28.2 Å². The van der Waals surface area contributed by atoms with Crippen LogP contribution in [0.25, 0.3) is 6.08 Å². The molecule has 2 N–H and O–H groups in total. The molecule has 0 atom stereocenters. The molecule has 7 heteroatoms. The van der Waals surface area contributed by atoms with Crippen LogP contribution in [0.1, 0.15) is 5.56 Å². The fraction of sp³-hybridized carbons (Fsp3) is 0.167. The molecule has 1 rings (SSSR count). The van der Waals surface area contributed by atoms with E-state index in [0.29, 0.717) is 15.8 Å². The lowest BCUT2D eigenvalue weighted by Gasteiger charge is -2.11. The van der Waals surface area contributed by atoms with Crippen molar-refractivity contribution in [2.45, 2.75) is 0 Å². The van der Waals surface area contributed by atoms with Gasteiger partial charge in [0.25, 0.3) is 0 Å². The second-order valence-electron chi connectivity index (χ2n) is 3.38. The molecule has 0 fully saturated rings. The monoisotopic (exact) mass is 330 g/mol. The van der Waals surface area contributed by atoms with E-state index in [1.807, 2.05) is 0 Å². The van der Waals surface area contributed by atoms with Crippen LogP contribution >= 0.6 is 15.9 Å². The second kappa shape index (κ2) is 6.79. The Labute approximate surface area is 117 Å². The molecule has 0 unspecified atom stereocenters. The zero-order valence-corrected chi connectivity index (χ0v) is 11.5. The first-order valence-corrected chi connectivity index (χ1v) is 5.86. The van der Waals surface area contributed by atoms with Gasteiger partial charge in [-0.25, -0.2) is 9.59 Å². The summed E-state index contributed by atoms with van der Waals surface area (Å²) in [5.74, 6) is -1.61. The molecule has 0 radical (unpaired) electrons. The maximum Gasteiger partial charge on any atom is 0.341 e. The van der Waals surface area contributed by atoms with Crippen LogP contribution in [-0.4, -0.2) is 35.9 Å². The number of carbonyl (C=O) groups is 2. The third kappa shape index (κ3) is 4.63. The zero-order valence-electron chi connectivity index (χ0n) is 9.92. The Kier molecular flexibility index (Phi) is 5.37. The van der Waals surface area contributed by atoms with E-state index in [1.54, 1.807) is 6.07 Å². The summed E-state index contributed by atoms with van der Waals surface area (Å²) in [6, 6.07) is 3.06. The van der Waals surface area contributed by atoms with E-state index in [9.17, 15) is 9.59 Å². The molecule has 0 bridgehead atoms. The Bertz CT molecular complexity index is 523. The number of carboxylic acids is 2. The average molecular weight is 331 g/mol. The minimum Gasteiger partial charge on any atom is -0.493 e. The summed E-state index contributed by atoms with van der Waals surface area (Å²) in [7, 11) is 1.40. The van der Waals surface area contributed by atoms with Gasteiger partial charge in [-0.3, -0.25) is 0 Å². The van der Waals surface area contributed by atoms with E-state index in [-0.39, 0.29) is 5.75 Å². The molecule has 6 nitrogen and oxygen atoms in total. The number of halogens is 1. The van der Waals surface area contributed by atoms with Crippen molar-refractivity contribution in [2.24, 2.45) is 0 Å². The molecule has 1 aromatic rings. The topological polar surface area (TPSA) is 93.1 Å². The highest BCUT2D eigenvalue weighted by Crippen LogP contribution is 2.34. The van der Waals surface area contributed by atoms with Crippen molar-refractivity contribution in [2.75, 3.05) is 13.7 Å². The highest BCUT2D eigenvalue weighted by Gasteiger charge is 2.10. The molecule has 1 aromatic carbocycles. The predicted octanol–water partition coefficient (Wildman–Crippen LogP) is 2.02. The Balaban J connectivity index is 3.06. The van der Waals surface area contributed by atoms with E-state index in [0.717, 1.165) is 6.08 Å². The van der Waals surface area contributed by atoms with Crippen LogP contribution in [0.5, 0.6) is 11.5 Å². The molecule has 0 heterocycles. The molecule has 0 aliphatic rings. The molecule has 0 aliphatic heterocycles. The number of hydrogen-bond acceptors (Lipinski definition) is 4. The van der Waals surface area contributed by atoms with E-state index >= 15 is 0 Å². The second-order valence-corrected chi connectivity index (χ2v) is 4.23. The number of aliphatic carboxylic acids is 2. The molecule has 0 saturated carbocycles. The summed E-state index contributed by atoms with van der Waals surface area (Å²) in [5, 5.41) is 17.1. The molecular weight excluding hydrogens is 320 g/mol. The van der Waals surface area contributed by atoms with Crippen LogP contribution < -0.4 is 9.47 Å². The molecule has 0 saturated heterocycles. The summed E-state index contributed by atoms with van der Waals surface area (Å²) in [6.45, 7) is -0.493. The zero-order chi connectivity index (χ0) is 14.4. The SMILES string of the molecule is COc1cc(C=CC(=O)O)c(Br)cc1OCC(=O)O. The van der Waals surface area contributed by atoms with Gasteiger partial charge < -0.3 is 19.7 Å². The first kappa shape index (κ1) is 15.0. The molecule has 0 aromatic heterocycles. The maximum absolute atomic E-state index is 10.5. The van der Waals surface area contributed by atoms with Crippen LogP contribution in [0.4, 0.5) is 0 Å². The highest BCUT2D eigenvalue weighted by molar-refractivity contribution is 9.10. The van der Waals surface area contributed by atoms with E-state index in [4.69, 9.17) is 19.7 Å². The van der Waals surface area contributed by atoms with Crippen LogP contribution in [0.2, 0.25) is 0 Å². The van der Waals surface area contributed by atoms with Gasteiger partial charge in [-0.15, -0.1) is 0 Å². The van der Waals surface area contributed by atoms with E-state index < -0.39 is 18.5 Å². The van der Waals surface area contributed by atoms with Gasteiger partial charge in [0.1, 0.15) is 0 Å². The lowest BCUT2D eigenvalue weighted by atomic mass is 10.2. The standard InChI is InChI=1S/C12H11BrO6/c1-18-9-4-7(2-3-11(14)15)8(13)5-10(9)19-6-12(16)17/h2-5H,6H2,1H3,(H,14,15)(H,16,17). The normalized spacial score (nSPS) is 10.4. The summed E-state index contributed by atoms with van der Waals surface area (Å²) >= 11 is 3.24. The molecule has 19 heavy (non-hydrogen) atoms. The van der Waals surface area contributed by atoms with Crippen molar-refractivity contribution in [3.63, 3.8) is 0 Å². The number of hydrogen-bond donors (Lipinski definition) is 2. The Morgan fingerprint density at radius 3 is 2.53 bits per heavy atom. The molecule has 102 valence electrons. The Morgan fingerprint density at radius 2 is 2.00 bits per heavy atom. The fourth-order valence-electron chi connectivity index (χ4n) is 1.25. The minimum atomic E-state index is -1.10. The fourth-order valence-corrected chi connectivity index (χ4v) is 1.71. The van der Waals surface area contributed by atoms with Gasteiger partial charge in [0.05, 0.1) is 7.11 Å². The van der Waals surface area contributed by atoms with Gasteiger partial charge in [0, 0.05) is 10.5 Å². The largest absolute Gasteiger partial charge is 0.493 e. The minimum absolute atomic E-state index is 0.254. The first-order chi connectivity index (χ1) is 8.93. The van der Waals surface area contributed by atoms with Crippen molar-refractivity contribution < 1.29 is 29.3 Å². The van der Waals surface area contributed by atoms with E-state index in [2.05, 4.69) is 15.9 Å². The summed E-state index contributed by atoms with van der Waals surface area (Å²) in [4.78, 5) is 20.9. The van der Waals surface area contributed by atoms with Gasteiger partial charge in [0.2, 0.25) is 0 Å². The van der Waals surface area contributed by atoms with Crippen molar-refractivity contribution >= 4 is 33.9 Å². The van der Waals surface area contributed by atoms with Crippen LogP contribution in [-0.2, 0) is 9.59 Å². The number of methoxy groups -OCH3 is 1. The van der Waals surface area contributed by atoms with Gasteiger partial charge in [-0.2, -0.15) is 0 Å². The van der Waals surface area contributed by atoms with Gasteiger partial charge in [-0.1, -0.05) is 15.9 Å². The number of benzene rings is 1.